The average molecular weight is 295 g/mol. The molecular formula is C13H17N3O3S. The summed E-state index contributed by atoms with van der Waals surface area (Å²) in [6.45, 7) is 2.56. The van der Waals surface area contributed by atoms with E-state index in [0.29, 0.717) is 17.7 Å². The van der Waals surface area contributed by atoms with E-state index in [-0.39, 0.29) is 17.6 Å². The van der Waals surface area contributed by atoms with E-state index >= 15 is 0 Å². The topological polar surface area (TPSA) is 84.3 Å². The molecule has 1 unspecified atom stereocenters. The Kier molecular flexibility index (Phi) is 4.97. The molecule has 6 nitrogen and oxygen atoms in total. The van der Waals surface area contributed by atoms with Crippen LogP contribution in [0.15, 0.2) is 18.2 Å². The molecule has 1 saturated heterocycles. The van der Waals surface area contributed by atoms with Gasteiger partial charge in [0.2, 0.25) is 5.91 Å². The highest BCUT2D eigenvalue weighted by Gasteiger charge is 2.19. The predicted molar refractivity (Wildman–Crippen MR) is 80.2 cm³/mol. The fourth-order valence-electron chi connectivity index (χ4n) is 2.13. The van der Waals surface area contributed by atoms with Gasteiger partial charge < -0.3 is 10.6 Å². The number of nitrogens with zero attached hydrogens (tertiary/aromatic N) is 1. The van der Waals surface area contributed by atoms with Crippen molar-refractivity contribution < 1.29 is 9.72 Å². The van der Waals surface area contributed by atoms with Crippen LogP contribution in [0, 0.1) is 17.0 Å². The van der Waals surface area contributed by atoms with Crippen LogP contribution < -0.4 is 10.6 Å². The summed E-state index contributed by atoms with van der Waals surface area (Å²) in [4.78, 5) is 22.4. The van der Waals surface area contributed by atoms with Gasteiger partial charge in [-0.25, -0.2) is 0 Å². The number of anilines is 1. The maximum Gasteiger partial charge on any atom is 0.274 e. The number of hydrogen-bond donors (Lipinski definition) is 2. The van der Waals surface area contributed by atoms with Crippen molar-refractivity contribution in [3.63, 3.8) is 0 Å². The van der Waals surface area contributed by atoms with Crippen molar-refractivity contribution >= 4 is 29.0 Å². The summed E-state index contributed by atoms with van der Waals surface area (Å²) in [5.41, 5.74) is 1.01. The second-order valence-electron chi connectivity index (χ2n) is 4.69. The standard InChI is InChI=1S/C13H17N3O3S/c1-9-11(3-2-4-12(9)16(18)19)15-13(17)7-10-8-20-6-5-14-10/h2-4,10,14H,5-8H2,1H3,(H,15,17). The molecule has 1 heterocycles. The Balaban J connectivity index is 2.00. The maximum atomic E-state index is 12.0. The number of carbonyl (C=O) groups excluding carboxylic acids is 1. The molecule has 0 saturated carbocycles. The van der Waals surface area contributed by atoms with Crippen LogP contribution in [0.4, 0.5) is 11.4 Å². The van der Waals surface area contributed by atoms with Crippen LogP contribution >= 0.6 is 11.8 Å². The van der Waals surface area contributed by atoms with Gasteiger partial charge >= 0.3 is 0 Å². The highest BCUT2D eigenvalue weighted by molar-refractivity contribution is 7.99. The van der Waals surface area contributed by atoms with E-state index in [1.165, 1.54) is 6.07 Å². The van der Waals surface area contributed by atoms with E-state index in [0.717, 1.165) is 18.1 Å². The second-order valence-corrected chi connectivity index (χ2v) is 5.83. The molecular weight excluding hydrogens is 278 g/mol. The van der Waals surface area contributed by atoms with E-state index in [1.807, 2.05) is 11.8 Å². The van der Waals surface area contributed by atoms with Crippen LogP contribution in [0.2, 0.25) is 0 Å². The molecule has 7 heteroatoms. The summed E-state index contributed by atoms with van der Waals surface area (Å²) in [5, 5.41) is 16.9. The lowest BCUT2D eigenvalue weighted by Gasteiger charge is -2.22. The van der Waals surface area contributed by atoms with E-state index in [1.54, 1.807) is 19.1 Å². The number of thioether (sulfide) groups is 1. The maximum absolute atomic E-state index is 12.0. The van der Waals surface area contributed by atoms with E-state index in [9.17, 15) is 14.9 Å². The van der Waals surface area contributed by atoms with Gasteiger partial charge in [0.25, 0.3) is 5.69 Å². The molecule has 1 fully saturated rings. The van der Waals surface area contributed by atoms with Crippen molar-refractivity contribution in [2.24, 2.45) is 0 Å². The van der Waals surface area contributed by atoms with Gasteiger partial charge in [0.15, 0.2) is 0 Å². The monoisotopic (exact) mass is 295 g/mol. The van der Waals surface area contributed by atoms with Gasteiger partial charge in [-0.1, -0.05) is 6.07 Å². The van der Waals surface area contributed by atoms with Crippen LogP contribution in [0.25, 0.3) is 0 Å². The lowest BCUT2D eigenvalue weighted by Crippen LogP contribution is -2.39. The van der Waals surface area contributed by atoms with Crippen molar-refractivity contribution in [1.82, 2.24) is 5.32 Å². The molecule has 0 aromatic heterocycles. The predicted octanol–water partition coefficient (Wildman–Crippen LogP) is 1.94. The zero-order chi connectivity index (χ0) is 14.5. The van der Waals surface area contributed by atoms with Crippen molar-refractivity contribution in [2.45, 2.75) is 19.4 Å². The Morgan fingerprint density at radius 3 is 3.05 bits per heavy atom. The fraction of sp³-hybridized carbons (Fsp3) is 0.462. The van der Waals surface area contributed by atoms with Gasteiger partial charge in [-0.05, 0) is 13.0 Å². The quantitative estimate of drug-likeness (QED) is 0.655. The van der Waals surface area contributed by atoms with Gasteiger partial charge in [0.1, 0.15) is 0 Å². The van der Waals surface area contributed by atoms with Crippen LogP contribution in [-0.4, -0.2) is 34.9 Å². The number of hydrogen-bond acceptors (Lipinski definition) is 5. The molecule has 1 atom stereocenters. The van der Waals surface area contributed by atoms with Crippen molar-refractivity contribution in [3.05, 3.63) is 33.9 Å². The Morgan fingerprint density at radius 2 is 2.40 bits per heavy atom. The third-order valence-corrected chi connectivity index (χ3v) is 4.34. The molecule has 0 spiro atoms. The molecule has 0 aliphatic carbocycles. The Hall–Kier alpha value is -1.60. The lowest BCUT2D eigenvalue weighted by atomic mass is 10.1. The molecule has 1 amide bonds. The van der Waals surface area contributed by atoms with Gasteiger partial charge in [-0.2, -0.15) is 11.8 Å². The van der Waals surface area contributed by atoms with Crippen molar-refractivity contribution in [2.75, 3.05) is 23.4 Å². The number of nitrogens with one attached hydrogen (secondary N) is 2. The Labute approximate surface area is 121 Å². The summed E-state index contributed by atoms with van der Waals surface area (Å²) in [5.74, 6) is 1.87. The van der Waals surface area contributed by atoms with E-state index in [2.05, 4.69) is 10.6 Å². The first-order chi connectivity index (χ1) is 9.58. The number of nitro groups is 1. The molecule has 1 aromatic carbocycles. The molecule has 1 aromatic rings. The molecule has 2 rings (SSSR count). The number of benzene rings is 1. The first-order valence-corrected chi connectivity index (χ1v) is 7.58. The molecule has 1 aliphatic rings. The SMILES string of the molecule is Cc1c(NC(=O)CC2CSCCN2)cccc1[N+](=O)[O-]. The summed E-state index contributed by atoms with van der Waals surface area (Å²) in [6, 6.07) is 4.87. The van der Waals surface area contributed by atoms with Crippen LogP contribution in [0.3, 0.4) is 0 Å². The van der Waals surface area contributed by atoms with Crippen molar-refractivity contribution in [3.8, 4) is 0 Å². The average Bonchev–Trinajstić information content (AvgIpc) is 2.42. The summed E-state index contributed by atoms with van der Waals surface area (Å²) in [7, 11) is 0. The highest BCUT2D eigenvalue weighted by atomic mass is 32.2. The minimum Gasteiger partial charge on any atom is -0.326 e. The number of rotatable bonds is 4. The van der Waals surface area contributed by atoms with Gasteiger partial charge in [-0.15, -0.1) is 0 Å². The Morgan fingerprint density at radius 1 is 1.60 bits per heavy atom. The minimum absolute atomic E-state index is 0.0224. The molecule has 1 aliphatic heterocycles. The summed E-state index contributed by atoms with van der Waals surface area (Å²) >= 11 is 1.83. The summed E-state index contributed by atoms with van der Waals surface area (Å²) in [6.07, 6.45) is 0.384. The van der Waals surface area contributed by atoms with Crippen molar-refractivity contribution in [1.29, 1.82) is 0 Å². The highest BCUT2D eigenvalue weighted by Crippen LogP contribution is 2.25. The molecule has 0 bridgehead atoms. The minimum atomic E-state index is -0.440. The Bertz CT molecular complexity index is 516. The van der Waals surface area contributed by atoms with E-state index < -0.39 is 4.92 Å². The van der Waals surface area contributed by atoms with Gasteiger partial charge in [0.05, 0.1) is 16.2 Å². The molecule has 2 N–H and O–H groups in total. The van der Waals surface area contributed by atoms with Crippen LogP contribution in [-0.2, 0) is 4.79 Å². The lowest BCUT2D eigenvalue weighted by molar-refractivity contribution is -0.385. The summed E-state index contributed by atoms with van der Waals surface area (Å²) < 4.78 is 0. The molecule has 20 heavy (non-hydrogen) atoms. The van der Waals surface area contributed by atoms with E-state index in [4.69, 9.17) is 0 Å². The normalized spacial score (nSPS) is 18.6. The van der Waals surface area contributed by atoms with Gasteiger partial charge in [0, 0.05) is 36.6 Å². The number of carbonyl (C=O) groups is 1. The zero-order valence-corrected chi connectivity index (χ0v) is 12.0. The smallest absolute Gasteiger partial charge is 0.274 e. The zero-order valence-electron chi connectivity index (χ0n) is 11.2. The first-order valence-electron chi connectivity index (χ1n) is 6.43. The first kappa shape index (κ1) is 14.8. The molecule has 0 radical (unpaired) electrons. The third kappa shape index (κ3) is 3.71. The number of amides is 1. The number of nitro benzene ring substituents is 1. The van der Waals surface area contributed by atoms with Crippen LogP contribution in [0.1, 0.15) is 12.0 Å². The van der Waals surface area contributed by atoms with Crippen LogP contribution in [0.5, 0.6) is 0 Å². The fourth-order valence-corrected chi connectivity index (χ4v) is 3.08. The molecule has 108 valence electrons. The second kappa shape index (κ2) is 6.71. The van der Waals surface area contributed by atoms with Gasteiger partial charge in [-0.3, -0.25) is 14.9 Å². The third-order valence-electron chi connectivity index (χ3n) is 3.21. The largest absolute Gasteiger partial charge is 0.326 e.